The third kappa shape index (κ3) is 3.55. The van der Waals surface area contributed by atoms with Gasteiger partial charge in [-0.2, -0.15) is 4.98 Å². The van der Waals surface area contributed by atoms with Gasteiger partial charge in [0.05, 0.1) is 22.1 Å². The molecule has 0 saturated heterocycles. The van der Waals surface area contributed by atoms with Crippen LogP contribution in [0.4, 0.5) is 0 Å². The van der Waals surface area contributed by atoms with Gasteiger partial charge in [-0.05, 0) is 42.5 Å². The number of furan rings is 2. The maximum Gasteiger partial charge on any atom is 0.231 e. The zero-order valence-electron chi connectivity index (χ0n) is 23.9. The second-order valence-electron chi connectivity index (χ2n) is 11.4. The second-order valence-corrected chi connectivity index (χ2v) is 11.4. The van der Waals surface area contributed by atoms with Crippen LogP contribution in [0.5, 0.6) is 0 Å². The fourth-order valence-corrected chi connectivity index (χ4v) is 6.81. The van der Waals surface area contributed by atoms with Crippen molar-refractivity contribution in [3.63, 3.8) is 0 Å². The van der Waals surface area contributed by atoms with E-state index in [1.165, 1.54) is 5.39 Å². The Hall–Kier alpha value is -6.20. The summed E-state index contributed by atoms with van der Waals surface area (Å²) in [6, 6.07) is 48.0. The zero-order chi connectivity index (χ0) is 29.5. The molecule has 4 heterocycles. The summed E-state index contributed by atoms with van der Waals surface area (Å²) < 4.78 is 14.9. The first-order chi connectivity index (χ1) is 22.3. The van der Waals surface area contributed by atoms with Crippen LogP contribution < -0.4 is 0 Å². The number of hydrogen-bond donors (Lipinski definition) is 0. The normalized spacial score (nSPS) is 12.0. The van der Waals surface area contributed by atoms with Crippen molar-refractivity contribution in [1.29, 1.82) is 0 Å². The first kappa shape index (κ1) is 24.3. The van der Waals surface area contributed by atoms with Gasteiger partial charge in [0.2, 0.25) is 5.71 Å². The van der Waals surface area contributed by atoms with E-state index in [9.17, 15) is 0 Å². The molecule has 0 aliphatic heterocycles. The van der Waals surface area contributed by atoms with Gasteiger partial charge in [-0.3, -0.25) is 0 Å². The van der Waals surface area contributed by atoms with Gasteiger partial charge in [0, 0.05) is 43.7 Å². The molecular formula is C40H23N3O2. The maximum absolute atomic E-state index is 6.30. The van der Waals surface area contributed by atoms with Crippen LogP contribution in [-0.2, 0) is 0 Å². The Morgan fingerprint density at radius 2 is 1.16 bits per heavy atom. The highest BCUT2D eigenvalue weighted by Crippen LogP contribution is 2.40. The van der Waals surface area contributed by atoms with Gasteiger partial charge in [0.25, 0.3) is 0 Å². The summed E-state index contributed by atoms with van der Waals surface area (Å²) in [6.45, 7) is 0. The van der Waals surface area contributed by atoms with Crippen LogP contribution in [0.2, 0.25) is 0 Å². The lowest BCUT2D eigenvalue weighted by molar-refractivity contribution is 0.653. The fraction of sp³-hybridized carbons (Fsp3) is 0. The van der Waals surface area contributed by atoms with Crippen LogP contribution in [0.3, 0.4) is 0 Å². The van der Waals surface area contributed by atoms with E-state index >= 15 is 0 Å². The highest BCUT2D eigenvalue weighted by atomic mass is 16.3. The molecule has 4 aromatic heterocycles. The standard InChI is InChI=1S/C40H23N3O2/c1-2-11-24(12-3-1)38-37-29-17-6-9-20-35(29)45-40(37)42-39(41-38)25-13-10-14-26(21-25)43-32-18-7-4-15-27(32)30-23-36-31(22-33(30)43)28-16-5-8-19-34(28)44-36/h1-23H. The molecule has 0 aliphatic carbocycles. The van der Waals surface area contributed by atoms with Crippen molar-refractivity contribution in [2.45, 2.75) is 0 Å². The Morgan fingerprint density at radius 1 is 0.444 bits per heavy atom. The highest BCUT2D eigenvalue weighted by molar-refractivity contribution is 6.17. The van der Waals surface area contributed by atoms with Crippen LogP contribution in [-0.4, -0.2) is 14.5 Å². The van der Waals surface area contributed by atoms with Gasteiger partial charge in [0.15, 0.2) is 5.82 Å². The zero-order valence-corrected chi connectivity index (χ0v) is 23.9. The Balaban J connectivity index is 1.23. The van der Waals surface area contributed by atoms with Gasteiger partial charge in [-0.25, -0.2) is 4.98 Å². The number of fused-ring (bicyclic) bond motifs is 9. The van der Waals surface area contributed by atoms with Crippen LogP contribution in [0.15, 0.2) is 148 Å². The maximum atomic E-state index is 6.30. The molecule has 0 radical (unpaired) electrons. The van der Waals surface area contributed by atoms with Crippen LogP contribution in [0.1, 0.15) is 0 Å². The predicted octanol–water partition coefficient (Wildman–Crippen LogP) is 10.7. The van der Waals surface area contributed by atoms with Crippen molar-refractivity contribution in [2.24, 2.45) is 0 Å². The molecule has 0 atom stereocenters. The van der Waals surface area contributed by atoms with E-state index in [0.29, 0.717) is 11.5 Å². The molecule has 0 bridgehead atoms. The molecule has 45 heavy (non-hydrogen) atoms. The minimum Gasteiger partial charge on any atom is -0.456 e. The van der Waals surface area contributed by atoms with Gasteiger partial charge in [0.1, 0.15) is 16.7 Å². The first-order valence-electron chi connectivity index (χ1n) is 15.0. The first-order valence-corrected chi connectivity index (χ1v) is 15.0. The Kier molecular flexibility index (Phi) is 4.93. The molecule has 5 nitrogen and oxygen atoms in total. The van der Waals surface area contributed by atoms with Crippen LogP contribution in [0, 0.1) is 0 Å². The number of hydrogen-bond acceptors (Lipinski definition) is 4. The number of nitrogens with zero attached hydrogens (tertiary/aromatic N) is 3. The minimum absolute atomic E-state index is 0.580. The molecule has 0 saturated carbocycles. The second kappa shape index (κ2) is 9.15. The summed E-state index contributed by atoms with van der Waals surface area (Å²) >= 11 is 0. The van der Waals surface area contributed by atoms with E-state index in [-0.39, 0.29) is 0 Å². The fourth-order valence-electron chi connectivity index (χ4n) is 6.81. The minimum atomic E-state index is 0.580. The molecule has 0 amide bonds. The quantitative estimate of drug-likeness (QED) is 0.210. The smallest absolute Gasteiger partial charge is 0.231 e. The van der Waals surface area contributed by atoms with Crippen molar-refractivity contribution in [1.82, 2.24) is 14.5 Å². The lowest BCUT2D eigenvalue weighted by Gasteiger charge is -2.11. The lowest BCUT2D eigenvalue weighted by Crippen LogP contribution is -1.97. The largest absolute Gasteiger partial charge is 0.456 e. The van der Waals surface area contributed by atoms with Gasteiger partial charge < -0.3 is 13.4 Å². The Labute approximate surface area is 256 Å². The highest BCUT2D eigenvalue weighted by Gasteiger charge is 2.20. The van der Waals surface area contributed by atoms with Gasteiger partial charge in [-0.1, -0.05) is 97.1 Å². The molecule has 10 rings (SSSR count). The summed E-state index contributed by atoms with van der Waals surface area (Å²) in [7, 11) is 0. The van der Waals surface area contributed by atoms with E-state index in [4.69, 9.17) is 18.8 Å². The van der Waals surface area contributed by atoms with Crippen LogP contribution >= 0.6 is 0 Å². The van der Waals surface area contributed by atoms with Crippen LogP contribution in [0.25, 0.3) is 94.1 Å². The predicted molar refractivity (Wildman–Crippen MR) is 182 cm³/mol. The molecule has 210 valence electrons. The lowest BCUT2D eigenvalue weighted by atomic mass is 10.1. The number of aromatic nitrogens is 3. The molecule has 0 unspecified atom stereocenters. The van der Waals surface area contributed by atoms with E-state index in [2.05, 4.69) is 95.6 Å². The molecule has 0 aliphatic rings. The number of para-hydroxylation sites is 3. The monoisotopic (exact) mass is 577 g/mol. The third-order valence-electron chi connectivity index (χ3n) is 8.82. The summed E-state index contributed by atoms with van der Waals surface area (Å²) in [5.41, 5.74) is 9.22. The van der Waals surface area contributed by atoms with E-state index in [1.54, 1.807) is 0 Å². The van der Waals surface area contributed by atoms with Crippen molar-refractivity contribution in [3.8, 4) is 28.3 Å². The summed E-state index contributed by atoms with van der Waals surface area (Å²) in [5.74, 6) is 0.617. The Bertz CT molecular complexity index is 2770. The summed E-state index contributed by atoms with van der Waals surface area (Å²) in [4.78, 5) is 10.2. The van der Waals surface area contributed by atoms with E-state index in [1.807, 2.05) is 48.5 Å². The van der Waals surface area contributed by atoms with E-state index in [0.717, 1.165) is 77.2 Å². The van der Waals surface area contributed by atoms with Crippen molar-refractivity contribution >= 4 is 65.8 Å². The van der Waals surface area contributed by atoms with Gasteiger partial charge >= 0.3 is 0 Å². The number of rotatable bonds is 3. The molecule has 0 fully saturated rings. The van der Waals surface area contributed by atoms with Crippen molar-refractivity contribution < 1.29 is 8.83 Å². The molecule has 5 heteroatoms. The average molecular weight is 578 g/mol. The molecule has 0 spiro atoms. The molecule has 0 N–H and O–H groups in total. The molecule has 10 aromatic rings. The van der Waals surface area contributed by atoms with E-state index < -0.39 is 0 Å². The Morgan fingerprint density at radius 3 is 2.02 bits per heavy atom. The topological polar surface area (TPSA) is 57.0 Å². The molecule has 6 aromatic carbocycles. The van der Waals surface area contributed by atoms with Crippen molar-refractivity contribution in [3.05, 3.63) is 140 Å². The molecular weight excluding hydrogens is 554 g/mol. The van der Waals surface area contributed by atoms with Crippen molar-refractivity contribution in [2.75, 3.05) is 0 Å². The SMILES string of the molecule is c1ccc(-c2nc(-c3cccc(-n4c5ccccc5c5cc6oc7ccccc7c6cc54)c3)nc3oc4ccccc4c23)cc1. The summed E-state index contributed by atoms with van der Waals surface area (Å²) in [6.07, 6.45) is 0. The average Bonchev–Trinajstić information content (AvgIpc) is 3.76. The summed E-state index contributed by atoms with van der Waals surface area (Å²) in [5, 5.41) is 6.47. The number of benzene rings is 6. The van der Waals surface area contributed by atoms with Gasteiger partial charge in [-0.15, -0.1) is 0 Å². The third-order valence-corrected chi connectivity index (χ3v) is 8.82.